The van der Waals surface area contributed by atoms with Gasteiger partial charge >= 0.3 is 5.97 Å². The molecule has 0 spiro atoms. The van der Waals surface area contributed by atoms with Gasteiger partial charge in [-0.1, -0.05) is 0 Å². The third-order valence-corrected chi connectivity index (χ3v) is 3.44. The summed E-state index contributed by atoms with van der Waals surface area (Å²) in [5, 5.41) is 3.28. The highest BCUT2D eigenvalue weighted by Gasteiger charge is 2.21. The van der Waals surface area contributed by atoms with Gasteiger partial charge in [-0.25, -0.2) is 14.8 Å². The summed E-state index contributed by atoms with van der Waals surface area (Å²) in [6.45, 7) is 5.13. The van der Waals surface area contributed by atoms with Gasteiger partial charge in [-0.15, -0.1) is 0 Å². The molecule has 0 aromatic carbocycles. The number of carbonyl (C=O) groups excluding carboxylic acids is 2. The van der Waals surface area contributed by atoms with Gasteiger partial charge in [0, 0.05) is 32.1 Å². The molecule has 1 aromatic heterocycles. The molecule has 0 aliphatic carbocycles. The molecule has 1 N–H and O–H groups in total. The number of piperidine rings is 1. The summed E-state index contributed by atoms with van der Waals surface area (Å²) in [5.41, 5.74) is 0.246. The van der Waals surface area contributed by atoms with E-state index < -0.39 is 5.97 Å². The van der Waals surface area contributed by atoms with Gasteiger partial charge in [0.15, 0.2) is 5.69 Å². The Morgan fingerprint density at radius 1 is 1.38 bits per heavy atom. The Morgan fingerprint density at radius 2 is 2.10 bits per heavy atom. The van der Waals surface area contributed by atoms with E-state index in [2.05, 4.69) is 15.3 Å². The van der Waals surface area contributed by atoms with E-state index in [0.717, 1.165) is 25.9 Å². The Labute approximate surface area is 123 Å². The lowest BCUT2D eigenvalue weighted by Gasteiger charge is -2.31. The van der Waals surface area contributed by atoms with Gasteiger partial charge in [0.25, 0.3) is 0 Å². The summed E-state index contributed by atoms with van der Waals surface area (Å²) >= 11 is 0. The second-order valence-electron chi connectivity index (χ2n) is 4.93. The van der Waals surface area contributed by atoms with Crippen molar-refractivity contribution in [2.24, 2.45) is 0 Å². The van der Waals surface area contributed by atoms with Gasteiger partial charge in [-0.3, -0.25) is 4.79 Å². The van der Waals surface area contributed by atoms with Crippen molar-refractivity contribution in [3.63, 3.8) is 0 Å². The van der Waals surface area contributed by atoms with Gasteiger partial charge < -0.3 is 15.0 Å². The molecule has 0 saturated carbocycles. The van der Waals surface area contributed by atoms with Crippen LogP contribution in [-0.2, 0) is 9.53 Å². The van der Waals surface area contributed by atoms with Crippen LogP contribution in [0.5, 0.6) is 0 Å². The van der Waals surface area contributed by atoms with Gasteiger partial charge in [-0.05, 0) is 19.8 Å². The molecule has 2 heterocycles. The number of likely N-dealkylation sites (tertiary alicyclic amines) is 1. The SMILES string of the molecule is CCOC(=O)c1cc(NC2CCN(C(C)=O)CC2)ncn1. The molecule has 7 nitrogen and oxygen atoms in total. The van der Waals surface area contributed by atoms with Crippen molar-refractivity contribution in [1.29, 1.82) is 0 Å². The monoisotopic (exact) mass is 292 g/mol. The topological polar surface area (TPSA) is 84.4 Å². The molecule has 114 valence electrons. The minimum atomic E-state index is -0.450. The average molecular weight is 292 g/mol. The van der Waals surface area contributed by atoms with E-state index in [1.165, 1.54) is 6.33 Å². The maximum atomic E-state index is 11.6. The number of nitrogens with zero attached hydrogens (tertiary/aromatic N) is 3. The largest absolute Gasteiger partial charge is 0.461 e. The summed E-state index contributed by atoms with van der Waals surface area (Å²) < 4.78 is 4.91. The second kappa shape index (κ2) is 7.01. The molecule has 0 bridgehead atoms. The fourth-order valence-corrected chi connectivity index (χ4v) is 2.30. The van der Waals surface area contributed by atoms with E-state index in [9.17, 15) is 9.59 Å². The van der Waals surface area contributed by atoms with Crippen molar-refractivity contribution in [3.8, 4) is 0 Å². The maximum Gasteiger partial charge on any atom is 0.357 e. The number of anilines is 1. The minimum absolute atomic E-state index is 0.111. The van der Waals surface area contributed by atoms with E-state index in [4.69, 9.17) is 4.74 Å². The molecule has 1 aliphatic heterocycles. The maximum absolute atomic E-state index is 11.6. The molecule has 2 rings (SSSR count). The Kier molecular flexibility index (Phi) is 5.08. The number of esters is 1. The molecule has 1 amide bonds. The fraction of sp³-hybridized carbons (Fsp3) is 0.571. The molecule has 1 aliphatic rings. The first-order chi connectivity index (χ1) is 10.1. The van der Waals surface area contributed by atoms with Crippen LogP contribution in [0, 0.1) is 0 Å². The smallest absolute Gasteiger partial charge is 0.357 e. The summed E-state index contributed by atoms with van der Waals surface area (Å²) in [7, 11) is 0. The third kappa shape index (κ3) is 4.14. The standard InChI is InChI=1S/C14H20N4O3/c1-3-21-14(20)12-8-13(16-9-15-12)17-11-4-6-18(7-5-11)10(2)19/h8-9,11H,3-7H2,1-2H3,(H,15,16,17). The fourth-order valence-electron chi connectivity index (χ4n) is 2.30. The molecular weight excluding hydrogens is 272 g/mol. The van der Waals surface area contributed by atoms with E-state index >= 15 is 0 Å². The third-order valence-electron chi connectivity index (χ3n) is 3.44. The quantitative estimate of drug-likeness (QED) is 0.836. The van der Waals surface area contributed by atoms with Crippen LogP contribution in [0.15, 0.2) is 12.4 Å². The van der Waals surface area contributed by atoms with Crippen LogP contribution in [0.1, 0.15) is 37.2 Å². The molecular formula is C14H20N4O3. The average Bonchev–Trinajstić information content (AvgIpc) is 2.48. The number of hydrogen-bond donors (Lipinski definition) is 1. The number of carbonyl (C=O) groups is 2. The van der Waals surface area contributed by atoms with Crippen LogP contribution in [0.2, 0.25) is 0 Å². The molecule has 0 atom stereocenters. The van der Waals surface area contributed by atoms with Gasteiger partial charge in [0.1, 0.15) is 12.1 Å². The minimum Gasteiger partial charge on any atom is -0.461 e. The number of amides is 1. The highest BCUT2D eigenvalue weighted by Crippen LogP contribution is 2.15. The van der Waals surface area contributed by atoms with E-state index in [1.807, 2.05) is 4.90 Å². The molecule has 7 heteroatoms. The Morgan fingerprint density at radius 3 is 2.71 bits per heavy atom. The van der Waals surface area contributed by atoms with Crippen molar-refractivity contribution in [1.82, 2.24) is 14.9 Å². The molecule has 0 radical (unpaired) electrons. The van der Waals surface area contributed by atoms with Crippen LogP contribution in [0.3, 0.4) is 0 Å². The normalized spacial score (nSPS) is 15.6. The van der Waals surface area contributed by atoms with Gasteiger partial charge in [0.2, 0.25) is 5.91 Å². The van der Waals surface area contributed by atoms with Crippen LogP contribution < -0.4 is 5.32 Å². The lowest BCUT2D eigenvalue weighted by atomic mass is 10.1. The summed E-state index contributed by atoms with van der Waals surface area (Å²) in [6.07, 6.45) is 3.07. The Balaban J connectivity index is 1.93. The molecule has 21 heavy (non-hydrogen) atoms. The first-order valence-corrected chi connectivity index (χ1v) is 7.11. The first-order valence-electron chi connectivity index (χ1n) is 7.11. The van der Waals surface area contributed by atoms with Crippen molar-refractivity contribution in [2.75, 3.05) is 25.0 Å². The summed E-state index contributed by atoms with van der Waals surface area (Å²) in [4.78, 5) is 32.8. The highest BCUT2D eigenvalue weighted by molar-refractivity contribution is 5.87. The summed E-state index contributed by atoms with van der Waals surface area (Å²) in [5.74, 6) is 0.267. The number of hydrogen-bond acceptors (Lipinski definition) is 6. The van der Waals surface area contributed by atoms with Crippen molar-refractivity contribution in [2.45, 2.75) is 32.7 Å². The second-order valence-corrected chi connectivity index (χ2v) is 4.93. The Hall–Kier alpha value is -2.18. The van der Waals surface area contributed by atoms with E-state index in [-0.39, 0.29) is 17.6 Å². The molecule has 1 aromatic rings. The predicted octanol–water partition coefficient (Wildman–Crippen LogP) is 1.08. The number of aromatic nitrogens is 2. The van der Waals surface area contributed by atoms with Crippen molar-refractivity contribution in [3.05, 3.63) is 18.1 Å². The lowest BCUT2D eigenvalue weighted by molar-refractivity contribution is -0.129. The van der Waals surface area contributed by atoms with Crippen LogP contribution in [0.25, 0.3) is 0 Å². The molecule has 0 unspecified atom stereocenters. The van der Waals surface area contributed by atoms with Gasteiger partial charge in [0.05, 0.1) is 6.61 Å². The van der Waals surface area contributed by atoms with Crippen molar-refractivity contribution >= 4 is 17.7 Å². The van der Waals surface area contributed by atoms with Crippen molar-refractivity contribution < 1.29 is 14.3 Å². The number of ether oxygens (including phenoxy) is 1. The highest BCUT2D eigenvalue weighted by atomic mass is 16.5. The zero-order valence-electron chi connectivity index (χ0n) is 12.3. The van der Waals surface area contributed by atoms with Crippen LogP contribution in [-0.4, -0.2) is 52.5 Å². The summed E-state index contributed by atoms with van der Waals surface area (Å²) in [6, 6.07) is 1.83. The van der Waals surface area contributed by atoms with E-state index in [0.29, 0.717) is 12.4 Å². The lowest BCUT2D eigenvalue weighted by Crippen LogP contribution is -2.41. The van der Waals surface area contributed by atoms with Crippen LogP contribution in [0.4, 0.5) is 5.82 Å². The van der Waals surface area contributed by atoms with Gasteiger partial charge in [-0.2, -0.15) is 0 Å². The molecule has 1 fully saturated rings. The zero-order chi connectivity index (χ0) is 15.2. The zero-order valence-corrected chi connectivity index (χ0v) is 12.3. The molecule has 1 saturated heterocycles. The van der Waals surface area contributed by atoms with E-state index in [1.54, 1.807) is 19.9 Å². The predicted molar refractivity (Wildman–Crippen MR) is 76.9 cm³/mol. The van der Waals surface area contributed by atoms with Crippen LogP contribution >= 0.6 is 0 Å². The number of rotatable bonds is 4. The Bertz CT molecular complexity index is 513. The first kappa shape index (κ1) is 15.2. The number of nitrogens with one attached hydrogen (secondary N) is 1.